The third-order valence-electron chi connectivity index (χ3n) is 5.77. The molecule has 0 N–H and O–H groups in total. The van der Waals surface area contributed by atoms with E-state index in [1.807, 2.05) is 18.2 Å². The maximum atomic E-state index is 13.0. The van der Waals surface area contributed by atoms with Gasteiger partial charge in [0, 0.05) is 56.1 Å². The average molecular weight is 469 g/mol. The molecule has 2 aliphatic heterocycles. The van der Waals surface area contributed by atoms with E-state index in [2.05, 4.69) is 4.98 Å². The van der Waals surface area contributed by atoms with Crippen molar-refractivity contribution < 1.29 is 28.5 Å². The number of rotatable bonds is 6. The quantitative estimate of drug-likeness (QED) is 0.583. The fourth-order valence-electron chi connectivity index (χ4n) is 4.06. The van der Waals surface area contributed by atoms with Crippen LogP contribution in [0.1, 0.15) is 28.7 Å². The standard InChI is InChI=1S/C24H27N3O7/c1-16-22(34-14-13-32-16)23(29)26-9-6-18-21(24(30)31-2)19(15-20(28)27(18)11-10-26)33-12-7-17-5-3-4-8-25-17/h3-5,8,15H,6-7,9-14H2,1-2H3. The number of allylic oxidation sites excluding steroid dienone is 1. The lowest BCUT2D eigenvalue weighted by Crippen LogP contribution is -2.37. The maximum absolute atomic E-state index is 13.0. The number of hydrogen-bond acceptors (Lipinski definition) is 8. The molecule has 4 heterocycles. The Morgan fingerprint density at radius 2 is 1.97 bits per heavy atom. The normalized spacial score (nSPS) is 15.5. The smallest absolute Gasteiger partial charge is 0.343 e. The molecule has 0 fully saturated rings. The van der Waals surface area contributed by atoms with E-state index in [0.717, 1.165) is 5.69 Å². The van der Waals surface area contributed by atoms with Crippen LogP contribution in [-0.2, 0) is 38.4 Å². The van der Waals surface area contributed by atoms with Crippen molar-refractivity contribution in [3.63, 3.8) is 0 Å². The van der Waals surface area contributed by atoms with Crippen LogP contribution in [0.5, 0.6) is 5.75 Å². The molecule has 0 spiro atoms. The number of esters is 1. The number of ether oxygens (including phenoxy) is 4. The lowest BCUT2D eigenvalue weighted by Gasteiger charge is -2.25. The summed E-state index contributed by atoms with van der Waals surface area (Å²) in [5, 5.41) is 0. The van der Waals surface area contributed by atoms with Gasteiger partial charge in [0.1, 0.15) is 30.3 Å². The summed E-state index contributed by atoms with van der Waals surface area (Å²) in [4.78, 5) is 44.5. The molecule has 0 saturated carbocycles. The SMILES string of the molecule is COC(=O)c1c(OCCc2ccccn2)cc(=O)n2c1CCN(C(=O)C1=C(C)OCCO1)CC2. The molecule has 180 valence electrons. The van der Waals surface area contributed by atoms with E-state index < -0.39 is 5.97 Å². The van der Waals surface area contributed by atoms with Gasteiger partial charge in [-0.1, -0.05) is 6.07 Å². The molecule has 2 aromatic rings. The zero-order valence-electron chi connectivity index (χ0n) is 19.2. The van der Waals surface area contributed by atoms with Crippen molar-refractivity contribution in [3.05, 3.63) is 69.3 Å². The minimum absolute atomic E-state index is 0.168. The van der Waals surface area contributed by atoms with Gasteiger partial charge in [-0.3, -0.25) is 14.6 Å². The summed E-state index contributed by atoms with van der Waals surface area (Å²) in [6, 6.07) is 6.88. The van der Waals surface area contributed by atoms with E-state index in [1.54, 1.807) is 18.0 Å². The minimum Gasteiger partial charge on any atom is -0.492 e. The zero-order chi connectivity index (χ0) is 24.1. The molecule has 10 heteroatoms. The van der Waals surface area contributed by atoms with Crippen molar-refractivity contribution in [2.24, 2.45) is 0 Å². The number of carbonyl (C=O) groups excluding carboxylic acids is 2. The molecule has 0 aromatic carbocycles. The Hall–Kier alpha value is -3.82. The minimum atomic E-state index is -0.598. The molecule has 2 aromatic heterocycles. The predicted molar refractivity (Wildman–Crippen MR) is 120 cm³/mol. The number of amides is 1. The highest BCUT2D eigenvalue weighted by atomic mass is 16.6. The number of hydrogen-bond donors (Lipinski definition) is 0. The Bertz CT molecular complexity index is 1160. The summed E-state index contributed by atoms with van der Waals surface area (Å²) >= 11 is 0. The average Bonchev–Trinajstić information content (AvgIpc) is 3.08. The Kier molecular flexibility index (Phi) is 7.15. The van der Waals surface area contributed by atoms with Crippen molar-refractivity contribution in [1.82, 2.24) is 14.5 Å². The van der Waals surface area contributed by atoms with Crippen LogP contribution in [0.2, 0.25) is 0 Å². The second-order valence-corrected chi connectivity index (χ2v) is 7.86. The first-order valence-corrected chi connectivity index (χ1v) is 11.1. The van der Waals surface area contributed by atoms with Crippen molar-refractivity contribution in [2.75, 3.05) is 40.0 Å². The maximum Gasteiger partial charge on any atom is 0.343 e. The van der Waals surface area contributed by atoms with E-state index in [-0.39, 0.29) is 54.7 Å². The van der Waals surface area contributed by atoms with Crippen LogP contribution in [0.25, 0.3) is 0 Å². The van der Waals surface area contributed by atoms with Gasteiger partial charge in [0.05, 0.1) is 13.7 Å². The number of carbonyl (C=O) groups is 2. The van der Waals surface area contributed by atoms with Crippen LogP contribution in [0.15, 0.2) is 46.8 Å². The summed E-state index contributed by atoms with van der Waals surface area (Å²) in [6.07, 6.45) is 2.48. The molecule has 2 aliphatic rings. The first-order valence-electron chi connectivity index (χ1n) is 11.1. The van der Waals surface area contributed by atoms with E-state index in [1.165, 1.54) is 17.7 Å². The van der Waals surface area contributed by atoms with Crippen LogP contribution in [-0.4, -0.2) is 66.3 Å². The summed E-state index contributed by atoms with van der Waals surface area (Å²) in [6.45, 7) is 3.43. The lowest BCUT2D eigenvalue weighted by molar-refractivity contribution is -0.132. The van der Waals surface area contributed by atoms with Gasteiger partial charge in [0.15, 0.2) is 0 Å². The van der Waals surface area contributed by atoms with Gasteiger partial charge in [-0.15, -0.1) is 0 Å². The first-order chi connectivity index (χ1) is 16.5. The highest BCUT2D eigenvalue weighted by molar-refractivity contribution is 5.94. The van der Waals surface area contributed by atoms with Crippen LogP contribution in [0.3, 0.4) is 0 Å². The number of fused-ring (bicyclic) bond motifs is 1. The molecule has 0 saturated heterocycles. The van der Waals surface area contributed by atoms with Gasteiger partial charge < -0.3 is 28.4 Å². The van der Waals surface area contributed by atoms with Crippen molar-refractivity contribution in [1.29, 1.82) is 0 Å². The fraction of sp³-hybridized carbons (Fsp3) is 0.417. The predicted octanol–water partition coefficient (Wildman–Crippen LogP) is 1.31. The third-order valence-corrected chi connectivity index (χ3v) is 5.77. The number of methoxy groups -OCH3 is 1. The Morgan fingerprint density at radius 3 is 2.71 bits per heavy atom. The largest absolute Gasteiger partial charge is 0.492 e. The van der Waals surface area contributed by atoms with Crippen LogP contribution in [0.4, 0.5) is 0 Å². The second-order valence-electron chi connectivity index (χ2n) is 7.86. The van der Waals surface area contributed by atoms with E-state index in [4.69, 9.17) is 18.9 Å². The number of nitrogens with zero attached hydrogens (tertiary/aromatic N) is 3. The lowest BCUT2D eigenvalue weighted by atomic mass is 10.1. The zero-order valence-corrected chi connectivity index (χ0v) is 19.2. The van der Waals surface area contributed by atoms with Crippen LogP contribution < -0.4 is 10.3 Å². The summed E-state index contributed by atoms with van der Waals surface area (Å²) in [5.41, 5.74) is 1.21. The van der Waals surface area contributed by atoms with Crippen LogP contribution >= 0.6 is 0 Å². The van der Waals surface area contributed by atoms with Gasteiger partial charge in [-0.2, -0.15) is 0 Å². The topological polar surface area (TPSA) is 109 Å². The molecular formula is C24H27N3O7. The third kappa shape index (κ3) is 4.90. The molecule has 0 atom stereocenters. The molecule has 4 rings (SSSR count). The van der Waals surface area contributed by atoms with Gasteiger partial charge in [0.25, 0.3) is 11.5 Å². The van der Waals surface area contributed by atoms with Gasteiger partial charge in [-0.05, 0) is 19.1 Å². The summed E-state index contributed by atoms with van der Waals surface area (Å²) in [5.74, 6) is -0.116. The monoisotopic (exact) mass is 469 g/mol. The van der Waals surface area contributed by atoms with E-state index in [0.29, 0.717) is 37.6 Å². The molecule has 0 aliphatic carbocycles. The molecule has 1 amide bonds. The van der Waals surface area contributed by atoms with Crippen molar-refractivity contribution in [3.8, 4) is 5.75 Å². The molecule has 34 heavy (non-hydrogen) atoms. The Balaban J connectivity index is 1.58. The summed E-state index contributed by atoms with van der Waals surface area (Å²) < 4.78 is 23.3. The second kappa shape index (κ2) is 10.4. The van der Waals surface area contributed by atoms with Crippen LogP contribution in [0, 0.1) is 0 Å². The number of pyridine rings is 2. The van der Waals surface area contributed by atoms with Gasteiger partial charge >= 0.3 is 5.97 Å². The highest BCUT2D eigenvalue weighted by Crippen LogP contribution is 2.25. The van der Waals surface area contributed by atoms with E-state index >= 15 is 0 Å². The highest BCUT2D eigenvalue weighted by Gasteiger charge is 2.30. The van der Waals surface area contributed by atoms with Crippen molar-refractivity contribution >= 4 is 11.9 Å². The molecular weight excluding hydrogens is 442 g/mol. The van der Waals surface area contributed by atoms with Gasteiger partial charge in [-0.25, -0.2) is 4.79 Å². The molecule has 0 unspecified atom stereocenters. The fourth-order valence-corrected chi connectivity index (χ4v) is 4.06. The summed E-state index contributed by atoms with van der Waals surface area (Å²) in [7, 11) is 1.28. The number of aromatic nitrogens is 2. The Morgan fingerprint density at radius 1 is 1.15 bits per heavy atom. The molecule has 0 radical (unpaired) electrons. The van der Waals surface area contributed by atoms with E-state index in [9.17, 15) is 14.4 Å². The molecule has 10 nitrogen and oxygen atoms in total. The Labute approximate surface area is 196 Å². The molecule has 0 bridgehead atoms. The van der Waals surface area contributed by atoms with Crippen molar-refractivity contribution in [2.45, 2.75) is 26.3 Å². The first kappa shape index (κ1) is 23.3. The van der Waals surface area contributed by atoms with Gasteiger partial charge in [0.2, 0.25) is 5.76 Å².